The van der Waals surface area contributed by atoms with Crippen LogP contribution in [0.25, 0.3) is 0 Å². The van der Waals surface area contributed by atoms with E-state index in [1.54, 1.807) is 5.48 Å². The van der Waals surface area contributed by atoms with Gasteiger partial charge in [-0.15, -0.1) is 0 Å². The Hall–Kier alpha value is -1.37. The van der Waals surface area contributed by atoms with Gasteiger partial charge in [0.25, 0.3) is 0 Å². The topological polar surface area (TPSA) is 84.8 Å². The van der Waals surface area contributed by atoms with Crippen molar-refractivity contribution in [3.05, 3.63) is 29.2 Å². The smallest absolute Gasteiger partial charge is 0.144 e. The number of benzene rings is 1. The summed E-state index contributed by atoms with van der Waals surface area (Å²) in [6, 6.07) is 3.54. The molecule has 1 aliphatic rings. The first-order valence-corrected chi connectivity index (χ1v) is 5.79. The number of rotatable bonds is 3. The third-order valence-corrected chi connectivity index (χ3v) is 2.96. The Kier molecular flexibility index (Phi) is 4.00. The van der Waals surface area contributed by atoms with E-state index in [4.69, 9.17) is 4.74 Å². The maximum absolute atomic E-state index is 13.1. The summed E-state index contributed by atoms with van der Waals surface area (Å²) in [6.07, 6.45) is -0.697. The van der Waals surface area contributed by atoms with E-state index in [0.29, 0.717) is 19.3 Å². The molecule has 0 amide bonds. The standard InChI is InChI=1S/C12H15FNO4/c13-7-1-2-11(14-17)12(3-7)18-10-5-8(15)4-9(16)6-10/h1-3,8-10,14-16H,4-6H2/q-1/t8-,9-/m1/s1. The van der Waals surface area contributed by atoms with Gasteiger partial charge in [0.15, 0.2) is 0 Å². The average Bonchev–Trinajstić information content (AvgIpc) is 2.27. The average molecular weight is 256 g/mol. The van der Waals surface area contributed by atoms with Crippen LogP contribution in [0, 0.1) is 11.0 Å². The Bertz CT molecular complexity index is 405. The molecule has 0 spiro atoms. The number of nitrogens with one attached hydrogen (secondary N) is 1. The van der Waals surface area contributed by atoms with Gasteiger partial charge in [-0.1, -0.05) is 0 Å². The second kappa shape index (κ2) is 5.51. The SMILES string of the molecule is [O-]Nc1ccc(F)cc1OC1C[C@H](O)C[C@@H](O)C1. The van der Waals surface area contributed by atoms with Crippen molar-refractivity contribution in [3.63, 3.8) is 0 Å². The Morgan fingerprint density at radius 1 is 1.22 bits per heavy atom. The van der Waals surface area contributed by atoms with E-state index in [0.717, 1.165) is 12.1 Å². The Morgan fingerprint density at radius 2 is 1.89 bits per heavy atom. The molecule has 1 aromatic rings. The lowest BCUT2D eigenvalue weighted by Crippen LogP contribution is -2.36. The van der Waals surface area contributed by atoms with Crippen LogP contribution >= 0.6 is 0 Å². The van der Waals surface area contributed by atoms with Crippen molar-refractivity contribution in [2.75, 3.05) is 5.48 Å². The highest BCUT2D eigenvalue weighted by atomic mass is 19.1. The van der Waals surface area contributed by atoms with E-state index >= 15 is 0 Å². The fourth-order valence-electron chi connectivity index (χ4n) is 2.16. The Labute approximate surface area is 104 Å². The van der Waals surface area contributed by atoms with Crippen molar-refractivity contribution in [2.45, 2.75) is 37.6 Å². The molecule has 0 aliphatic heterocycles. The maximum atomic E-state index is 13.1. The lowest BCUT2D eigenvalue weighted by Gasteiger charge is -2.31. The normalized spacial score (nSPS) is 27.9. The van der Waals surface area contributed by atoms with Crippen LogP contribution in [0.3, 0.4) is 0 Å². The Morgan fingerprint density at radius 3 is 2.50 bits per heavy atom. The molecule has 1 aliphatic carbocycles. The van der Waals surface area contributed by atoms with Crippen LogP contribution < -0.4 is 10.2 Å². The van der Waals surface area contributed by atoms with Gasteiger partial charge < -0.3 is 25.6 Å². The summed E-state index contributed by atoms with van der Waals surface area (Å²) in [5, 5.41) is 29.7. The summed E-state index contributed by atoms with van der Waals surface area (Å²) < 4.78 is 18.6. The zero-order valence-corrected chi connectivity index (χ0v) is 9.67. The number of ether oxygens (including phenoxy) is 1. The molecule has 1 aromatic carbocycles. The molecule has 0 bridgehead atoms. The molecule has 0 aromatic heterocycles. The van der Waals surface area contributed by atoms with Gasteiger partial charge >= 0.3 is 0 Å². The van der Waals surface area contributed by atoms with Crippen LogP contribution in [-0.2, 0) is 0 Å². The van der Waals surface area contributed by atoms with Crippen molar-refractivity contribution >= 4 is 5.69 Å². The number of hydrogen-bond acceptors (Lipinski definition) is 5. The first-order valence-electron chi connectivity index (χ1n) is 5.79. The second-order valence-corrected chi connectivity index (χ2v) is 4.50. The molecular weight excluding hydrogens is 241 g/mol. The van der Waals surface area contributed by atoms with Crippen LogP contribution in [-0.4, -0.2) is 28.5 Å². The first kappa shape index (κ1) is 13.1. The molecular formula is C12H15FNO4-. The summed E-state index contributed by atoms with van der Waals surface area (Å²) in [5.41, 5.74) is 1.80. The molecule has 0 unspecified atom stereocenters. The van der Waals surface area contributed by atoms with Crippen LogP contribution in [0.2, 0.25) is 0 Å². The lowest BCUT2D eigenvalue weighted by atomic mass is 9.92. The molecule has 2 rings (SSSR count). The molecule has 0 radical (unpaired) electrons. The highest BCUT2D eigenvalue weighted by Gasteiger charge is 2.28. The zero-order valence-electron chi connectivity index (χ0n) is 9.67. The van der Waals surface area contributed by atoms with Crippen molar-refractivity contribution in [1.29, 1.82) is 0 Å². The number of aliphatic hydroxyl groups excluding tert-OH is 2. The third-order valence-electron chi connectivity index (χ3n) is 2.96. The third kappa shape index (κ3) is 3.10. The largest absolute Gasteiger partial charge is 0.761 e. The minimum absolute atomic E-state index is 0.0938. The van der Waals surface area contributed by atoms with E-state index in [2.05, 4.69) is 0 Å². The molecule has 5 nitrogen and oxygen atoms in total. The molecule has 0 saturated heterocycles. The van der Waals surface area contributed by atoms with Crippen molar-refractivity contribution in [3.8, 4) is 5.75 Å². The monoisotopic (exact) mass is 256 g/mol. The number of halogens is 1. The highest BCUT2D eigenvalue weighted by molar-refractivity contribution is 5.56. The number of aliphatic hydroxyl groups is 2. The predicted molar refractivity (Wildman–Crippen MR) is 63.7 cm³/mol. The highest BCUT2D eigenvalue weighted by Crippen LogP contribution is 2.30. The molecule has 3 N–H and O–H groups in total. The zero-order chi connectivity index (χ0) is 13.1. The quantitative estimate of drug-likeness (QED) is 0.712. The van der Waals surface area contributed by atoms with Crippen LogP contribution in [0.5, 0.6) is 5.75 Å². The van der Waals surface area contributed by atoms with Crippen molar-refractivity contribution in [2.24, 2.45) is 0 Å². The summed E-state index contributed by atoms with van der Waals surface area (Å²) in [5.74, 6) is -0.419. The van der Waals surface area contributed by atoms with E-state index in [9.17, 15) is 19.8 Å². The summed E-state index contributed by atoms with van der Waals surface area (Å²) in [7, 11) is 0. The number of anilines is 1. The fourth-order valence-corrected chi connectivity index (χ4v) is 2.16. The van der Waals surface area contributed by atoms with Crippen molar-refractivity contribution in [1.82, 2.24) is 0 Å². The maximum Gasteiger partial charge on any atom is 0.144 e. The minimum Gasteiger partial charge on any atom is -0.761 e. The minimum atomic E-state index is -0.643. The van der Waals surface area contributed by atoms with Gasteiger partial charge in [0.1, 0.15) is 17.7 Å². The molecule has 100 valence electrons. The fraction of sp³-hybridized carbons (Fsp3) is 0.500. The molecule has 1 saturated carbocycles. The first-order chi connectivity index (χ1) is 8.58. The van der Waals surface area contributed by atoms with Crippen LogP contribution in [0.15, 0.2) is 18.2 Å². The van der Waals surface area contributed by atoms with Gasteiger partial charge in [-0.2, -0.15) is 0 Å². The van der Waals surface area contributed by atoms with E-state index < -0.39 is 24.1 Å². The van der Waals surface area contributed by atoms with Gasteiger partial charge in [0, 0.05) is 18.9 Å². The van der Waals surface area contributed by atoms with Gasteiger partial charge in [-0.25, -0.2) is 4.39 Å². The van der Waals surface area contributed by atoms with Crippen LogP contribution in [0.1, 0.15) is 19.3 Å². The molecule has 1 fully saturated rings. The van der Waals surface area contributed by atoms with E-state index in [-0.39, 0.29) is 11.4 Å². The molecule has 6 heteroatoms. The predicted octanol–water partition coefficient (Wildman–Crippen LogP) is 1.39. The Balaban J connectivity index is 2.10. The molecule has 0 heterocycles. The van der Waals surface area contributed by atoms with E-state index in [1.807, 2.05) is 0 Å². The molecule has 2 atom stereocenters. The van der Waals surface area contributed by atoms with Crippen molar-refractivity contribution < 1.29 is 19.3 Å². The number of hydrogen-bond donors (Lipinski definition) is 3. The van der Waals surface area contributed by atoms with E-state index in [1.165, 1.54) is 6.07 Å². The lowest BCUT2D eigenvalue weighted by molar-refractivity contribution is -0.0153. The summed E-state index contributed by atoms with van der Waals surface area (Å²) >= 11 is 0. The van der Waals surface area contributed by atoms with Gasteiger partial charge in [-0.3, -0.25) is 0 Å². The molecule has 18 heavy (non-hydrogen) atoms. The van der Waals surface area contributed by atoms with Gasteiger partial charge in [0.2, 0.25) is 0 Å². The summed E-state index contributed by atoms with van der Waals surface area (Å²) in [4.78, 5) is 0. The summed E-state index contributed by atoms with van der Waals surface area (Å²) in [6.45, 7) is 0. The van der Waals surface area contributed by atoms with Gasteiger partial charge in [-0.05, 0) is 18.6 Å². The second-order valence-electron chi connectivity index (χ2n) is 4.50. The van der Waals surface area contributed by atoms with Gasteiger partial charge in [0.05, 0.1) is 17.9 Å². The van der Waals surface area contributed by atoms with Crippen LogP contribution in [0.4, 0.5) is 10.1 Å².